The van der Waals surface area contributed by atoms with Crippen LogP contribution in [0.15, 0.2) is 65.4 Å². The number of carbonyl (C=O) groups is 2. The van der Waals surface area contributed by atoms with Crippen molar-refractivity contribution in [1.82, 2.24) is 5.32 Å². The number of amides is 2. The Balaban J connectivity index is 1.56. The van der Waals surface area contributed by atoms with E-state index in [1.54, 1.807) is 60.0 Å². The van der Waals surface area contributed by atoms with E-state index in [0.717, 1.165) is 0 Å². The minimum Gasteiger partial charge on any atom is -0.492 e. The van der Waals surface area contributed by atoms with Crippen molar-refractivity contribution in [3.05, 3.63) is 81.5 Å². The van der Waals surface area contributed by atoms with Crippen molar-refractivity contribution in [2.45, 2.75) is 0 Å². The monoisotopic (exact) mass is 400 g/mol. The van der Waals surface area contributed by atoms with Crippen molar-refractivity contribution < 1.29 is 14.3 Å². The fraction of sp³-hybridized carbons (Fsp3) is 0.100. The van der Waals surface area contributed by atoms with Crippen LogP contribution >= 0.6 is 22.9 Å². The molecule has 0 saturated heterocycles. The second-order valence-electron chi connectivity index (χ2n) is 5.57. The summed E-state index contributed by atoms with van der Waals surface area (Å²) in [6.07, 6.45) is 0. The Morgan fingerprint density at radius 3 is 2.67 bits per heavy atom. The Hall–Kier alpha value is -2.83. The summed E-state index contributed by atoms with van der Waals surface area (Å²) in [7, 11) is 0. The maximum absolute atomic E-state index is 12.5. The average Bonchev–Trinajstić information content (AvgIpc) is 3.20. The van der Waals surface area contributed by atoms with Crippen molar-refractivity contribution in [3.8, 4) is 5.75 Å². The number of nitrogens with one attached hydrogen (secondary N) is 2. The predicted octanol–water partition coefficient (Wildman–Crippen LogP) is 4.46. The number of halogens is 1. The van der Waals surface area contributed by atoms with E-state index < -0.39 is 0 Å². The Bertz CT molecular complexity index is 928. The van der Waals surface area contributed by atoms with E-state index in [-0.39, 0.29) is 11.8 Å². The van der Waals surface area contributed by atoms with E-state index >= 15 is 0 Å². The first-order valence-electron chi connectivity index (χ1n) is 8.22. The molecule has 3 rings (SSSR count). The van der Waals surface area contributed by atoms with Gasteiger partial charge in [-0.25, -0.2) is 0 Å². The number of hydrogen-bond donors (Lipinski definition) is 2. The van der Waals surface area contributed by atoms with Gasteiger partial charge in [0, 0.05) is 10.4 Å². The lowest BCUT2D eigenvalue weighted by Crippen LogP contribution is -2.29. The molecule has 0 fully saturated rings. The summed E-state index contributed by atoms with van der Waals surface area (Å²) < 4.78 is 5.55. The summed E-state index contributed by atoms with van der Waals surface area (Å²) in [5.41, 5.74) is 1.41. The molecule has 0 aliphatic carbocycles. The first-order chi connectivity index (χ1) is 13.1. The van der Waals surface area contributed by atoms with Gasteiger partial charge in [0.15, 0.2) is 0 Å². The summed E-state index contributed by atoms with van der Waals surface area (Å²) in [5.74, 6) is 0.104. The topological polar surface area (TPSA) is 67.4 Å². The molecule has 0 saturated carbocycles. The van der Waals surface area contributed by atoms with E-state index in [1.807, 2.05) is 5.38 Å². The molecule has 1 aromatic heterocycles. The Labute approximate surface area is 165 Å². The number of para-hydroxylation sites is 1. The SMILES string of the molecule is O=C(Nc1ccccc1C(=O)NCCOc1cccc(Cl)c1)c1ccsc1. The summed E-state index contributed by atoms with van der Waals surface area (Å²) in [4.78, 5) is 24.7. The van der Waals surface area contributed by atoms with Crippen LogP contribution in [0.1, 0.15) is 20.7 Å². The summed E-state index contributed by atoms with van der Waals surface area (Å²) in [6, 6.07) is 15.7. The van der Waals surface area contributed by atoms with Gasteiger partial charge in [-0.15, -0.1) is 0 Å². The highest BCUT2D eigenvalue weighted by atomic mass is 35.5. The van der Waals surface area contributed by atoms with Gasteiger partial charge in [0.2, 0.25) is 0 Å². The third kappa shape index (κ3) is 5.32. The molecule has 0 radical (unpaired) electrons. The quantitative estimate of drug-likeness (QED) is 0.575. The molecular formula is C20H17ClN2O3S. The largest absolute Gasteiger partial charge is 0.492 e. The molecule has 2 N–H and O–H groups in total. The van der Waals surface area contributed by atoms with Crippen molar-refractivity contribution in [3.63, 3.8) is 0 Å². The molecule has 7 heteroatoms. The normalized spacial score (nSPS) is 10.3. The molecule has 1 heterocycles. The van der Waals surface area contributed by atoms with Crippen LogP contribution in [-0.4, -0.2) is 25.0 Å². The number of carbonyl (C=O) groups excluding carboxylic acids is 2. The minimum atomic E-state index is -0.286. The van der Waals surface area contributed by atoms with Gasteiger partial charge in [0.1, 0.15) is 12.4 Å². The molecule has 0 aliphatic rings. The maximum Gasteiger partial charge on any atom is 0.256 e. The molecule has 0 unspecified atom stereocenters. The zero-order valence-electron chi connectivity index (χ0n) is 14.3. The number of benzene rings is 2. The lowest BCUT2D eigenvalue weighted by atomic mass is 10.1. The Kier molecular flexibility index (Phi) is 6.46. The minimum absolute atomic E-state index is 0.249. The van der Waals surface area contributed by atoms with Gasteiger partial charge in [-0.2, -0.15) is 11.3 Å². The zero-order chi connectivity index (χ0) is 19.1. The number of anilines is 1. The van der Waals surface area contributed by atoms with Crippen LogP contribution < -0.4 is 15.4 Å². The van der Waals surface area contributed by atoms with Gasteiger partial charge < -0.3 is 15.4 Å². The van der Waals surface area contributed by atoms with Crippen LogP contribution in [0.2, 0.25) is 5.02 Å². The van der Waals surface area contributed by atoms with Crippen molar-refractivity contribution in [1.29, 1.82) is 0 Å². The maximum atomic E-state index is 12.5. The number of hydrogen-bond acceptors (Lipinski definition) is 4. The Morgan fingerprint density at radius 1 is 1.04 bits per heavy atom. The van der Waals surface area contributed by atoms with Crippen molar-refractivity contribution >= 4 is 40.4 Å². The third-order valence-corrected chi connectivity index (χ3v) is 4.57. The molecular weight excluding hydrogens is 384 g/mol. The van der Waals surface area contributed by atoms with E-state index in [9.17, 15) is 9.59 Å². The molecule has 2 amide bonds. The Morgan fingerprint density at radius 2 is 1.89 bits per heavy atom. The van der Waals surface area contributed by atoms with Crippen LogP contribution in [-0.2, 0) is 0 Å². The van der Waals surface area contributed by atoms with Gasteiger partial charge in [0.05, 0.1) is 23.4 Å². The molecule has 0 atom stereocenters. The van der Waals surface area contributed by atoms with E-state index in [4.69, 9.17) is 16.3 Å². The smallest absolute Gasteiger partial charge is 0.256 e. The highest BCUT2D eigenvalue weighted by Gasteiger charge is 2.14. The van der Waals surface area contributed by atoms with Gasteiger partial charge >= 0.3 is 0 Å². The number of ether oxygens (including phenoxy) is 1. The molecule has 5 nitrogen and oxygen atoms in total. The van der Waals surface area contributed by atoms with Crippen LogP contribution in [0.25, 0.3) is 0 Å². The van der Waals surface area contributed by atoms with Crippen LogP contribution in [0.3, 0.4) is 0 Å². The molecule has 0 spiro atoms. The standard InChI is InChI=1S/C20H17ClN2O3S/c21-15-4-3-5-16(12-15)26-10-9-22-20(25)17-6-1-2-7-18(17)23-19(24)14-8-11-27-13-14/h1-8,11-13H,9-10H2,(H,22,25)(H,23,24). The number of rotatable bonds is 7. The molecule has 2 aromatic carbocycles. The summed E-state index contributed by atoms with van der Waals surface area (Å²) >= 11 is 7.34. The molecule has 0 bridgehead atoms. The van der Waals surface area contributed by atoms with Gasteiger partial charge in [-0.1, -0.05) is 29.8 Å². The average molecular weight is 401 g/mol. The molecule has 3 aromatic rings. The van der Waals surface area contributed by atoms with E-state index in [2.05, 4.69) is 10.6 Å². The lowest BCUT2D eigenvalue weighted by Gasteiger charge is -2.12. The zero-order valence-corrected chi connectivity index (χ0v) is 15.8. The second-order valence-corrected chi connectivity index (χ2v) is 6.79. The fourth-order valence-corrected chi connectivity index (χ4v) is 3.18. The van der Waals surface area contributed by atoms with Gasteiger partial charge in [0.25, 0.3) is 11.8 Å². The van der Waals surface area contributed by atoms with E-state index in [0.29, 0.717) is 40.7 Å². The van der Waals surface area contributed by atoms with Gasteiger partial charge in [-0.05, 0) is 41.8 Å². The van der Waals surface area contributed by atoms with Crippen molar-refractivity contribution in [2.75, 3.05) is 18.5 Å². The van der Waals surface area contributed by atoms with Crippen molar-refractivity contribution in [2.24, 2.45) is 0 Å². The molecule has 138 valence electrons. The lowest BCUT2D eigenvalue weighted by molar-refractivity contribution is 0.0948. The predicted molar refractivity (Wildman–Crippen MR) is 108 cm³/mol. The molecule has 0 aliphatic heterocycles. The van der Waals surface area contributed by atoms with Crippen LogP contribution in [0.5, 0.6) is 5.75 Å². The first kappa shape index (κ1) is 18.9. The van der Waals surface area contributed by atoms with Gasteiger partial charge in [-0.3, -0.25) is 9.59 Å². The van der Waals surface area contributed by atoms with E-state index in [1.165, 1.54) is 11.3 Å². The first-order valence-corrected chi connectivity index (χ1v) is 9.55. The third-order valence-electron chi connectivity index (χ3n) is 3.66. The fourth-order valence-electron chi connectivity index (χ4n) is 2.36. The molecule has 27 heavy (non-hydrogen) atoms. The van der Waals surface area contributed by atoms with Crippen LogP contribution in [0, 0.1) is 0 Å². The number of thiophene rings is 1. The highest BCUT2D eigenvalue weighted by molar-refractivity contribution is 7.08. The summed E-state index contributed by atoms with van der Waals surface area (Å²) in [5, 5.41) is 9.74. The summed E-state index contributed by atoms with van der Waals surface area (Å²) in [6.45, 7) is 0.619. The highest BCUT2D eigenvalue weighted by Crippen LogP contribution is 2.18. The second kappa shape index (κ2) is 9.21. The van der Waals surface area contributed by atoms with Crippen LogP contribution in [0.4, 0.5) is 5.69 Å².